The van der Waals surface area contributed by atoms with Crippen molar-refractivity contribution in [1.82, 2.24) is 0 Å². The number of aliphatic hydroxyl groups is 1. The molecule has 0 heterocycles. The third-order valence-corrected chi connectivity index (χ3v) is 3.84. The molecule has 0 aliphatic rings. The van der Waals surface area contributed by atoms with Crippen LogP contribution in [0.25, 0.3) is 0 Å². The van der Waals surface area contributed by atoms with Gasteiger partial charge >= 0.3 is 0 Å². The van der Waals surface area contributed by atoms with Crippen LogP contribution in [-0.4, -0.2) is 25.5 Å². The molecule has 0 bridgehead atoms. The molecule has 0 aliphatic carbocycles. The summed E-state index contributed by atoms with van der Waals surface area (Å²) in [6.45, 7) is 0. The second-order valence-corrected chi connectivity index (χ2v) is 7.13. The van der Waals surface area contributed by atoms with Gasteiger partial charge < -0.3 is 5.11 Å². The molecule has 3 nitrogen and oxygen atoms in total. The highest BCUT2D eigenvalue weighted by Crippen LogP contribution is 2.24. The van der Waals surface area contributed by atoms with Gasteiger partial charge in [0.1, 0.15) is 15.7 Å². The zero-order chi connectivity index (χ0) is 13.1. The van der Waals surface area contributed by atoms with Crippen LogP contribution in [0, 0.1) is 5.82 Å². The zero-order valence-electron chi connectivity index (χ0n) is 9.36. The van der Waals surface area contributed by atoms with Crippen molar-refractivity contribution in [3.8, 4) is 0 Å². The Morgan fingerprint density at radius 2 is 2.12 bits per heavy atom. The predicted octanol–water partition coefficient (Wildman–Crippen LogP) is 2.45. The number of sulfone groups is 1. The van der Waals surface area contributed by atoms with E-state index in [2.05, 4.69) is 15.9 Å². The fourth-order valence-corrected chi connectivity index (χ4v) is 2.49. The average molecular weight is 325 g/mol. The SMILES string of the molecule is CS(=O)(=O)CCCC(O)c1ccc(Br)cc1F. The Balaban J connectivity index is 2.61. The predicted molar refractivity (Wildman–Crippen MR) is 68.0 cm³/mol. The summed E-state index contributed by atoms with van der Waals surface area (Å²) in [5.41, 5.74) is 0.196. The Hall–Kier alpha value is -0.460. The van der Waals surface area contributed by atoms with Crippen molar-refractivity contribution >= 4 is 25.8 Å². The molecule has 96 valence electrons. The molecule has 1 atom stereocenters. The molecule has 6 heteroatoms. The Morgan fingerprint density at radius 3 is 2.65 bits per heavy atom. The number of hydrogen-bond donors (Lipinski definition) is 1. The zero-order valence-corrected chi connectivity index (χ0v) is 11.8. The minimum Gasteiger partial charge on any atom is -0.388 e. The van der Waals surface area contributed by atoms with Crippen LogP contribution in [0.15, 0.2) is 22.7 Å². The molecule has 0 saturated heterocycles. The summed E-state index contributed by atoms with van der Waals surface area (Å²) in [4.78, 5) is 0. The molecule has 0 fully saturated rings. The van der Waals surface area contributed by atoms with Crippen molar-refractivity contribution in [2.24, 2.45) is 0 Å². The summed E-state index contributed by atoms with van der Waals surface area (Å²) in [6.07, 6.45) is 0.714. The van der Waals surface area contributed by atoms with Crippen LogP contribution < -0.4 is 0 Å². The average Bonchev–Trinajstić information content (AvgIpc) is 2.15. The summed E-state index contributed by atoms with van der Waals surface area (Å²) in [7, 11) is -3.03. The van der Waals surface area contributed by atoms with Gasteiger partial charge in [-0.1, -0.05) is 22.0 Å². The monoisotopic (exact) mass is 324 g/mol. The first-order chi connectivity index (χ1) is 7.79. The van der Waals surface area contributed by atoms with Gasteiger partial charge in [-0.25, -0.2) is 12.8 Å². The molecule has 0 aromatic heterocycles. The van der Waals surface area contributed by atoms with Gasteiger partial charge in [-0.05, 0) is 25.0 Å². The molecule has 0 spiro atoms. The molecular weight excluding hydrogens is 311 g/mol. The summed E-state index contributed by atoms with van der Waals surface area (Å²) >= 11 is 3.12. The second-order valence-electron chi connectivity index (χ2n) is 3.95. The highest BCUT2D eigenvalue weighted by Gasteiger charge is 2.13. The van der Waals surface area contributed by atoms with Crippen LogP contribution in [0.5, 0.6) is 0 Å². The standard InChI is InChI=1S/C11H14BrFO3S/c1-17(15,16)6-2-3-11(14)9-5-4-8(12)7-10(9)13/h4-5,7,11,14H,2-3,6H2,1H3. The van der Waals surface area contributed by atoms with E-state index in [4.69, 9.17) is 0 Å². The van der Waals surface area contributed by atoms with Gasteiger partial charge in [0.2, 0.25) is 0 Å². The van der Waals surface area contributed by atoms with Gasteiger partial charge in [-0.2, -0.15) is 0 Å². The lowest BCUT2D eigenvalue weighted by molar-refractivity contribution is 0.162. The van der Waals surface area contributed by atoms with Crippen molar-refractivity contribution in [1.29, 1.82) is 0 Å². The molecule has 1 aromatic carbocycles. The van der Waals surface area contributed by atoms with E-state index in [-0.39, 0.29) is 17.7 Å². The smallest absolute Gasteiger partial charge is 0.147 e. The Kier molecular flexibility index (Phi) is 5.09. The van der Waals surface area contributed by atoms with Crippen LogP contribution in [-0.2, 0) is 9.84 Å². The van der Waals surface area contributed by atoms with Crippen molar-refractivity contribution in [3.63, 3.8) is 0 Å². The van der Waals surface area contributed by atoms with Crippen LogP contribution in [0.4, 0.5) is 4.39 Å². The lowest BCUT2D eigenvalue weighted by atomic mass is 10.1. The minimum absolute atomic E-state index is 0.00219. The molecule has 1 rings (SSSR count). The summed E-state index contributed by atoms with van der Waals surface area (Å²) in [5, 5.41) is 9.74. The number of rotatable bonds is 5. The minimum atomic E-state index is -3.03. The molecule has 17 heavy (non-hydrogen) atoms. The quantitative estimate of drug-likeness (QED) is 0.905. The Bertz CT molecular complexity index is 487. The number of hydrogen-bond acceptors (Lipinski definition) is 3. The first kappa shape index (κ1) is 14.6. The van der Waals surface area contributed by atoms with E-state index in [1.807, 2.05) is 0 Å². The Labute approximate surface area is 109 Å². The second kappa shape index (κ2) is 5.93. The number of aliphatic hydroxyl groups excluding tert-OH is 1. The van der Waals surface area contributed by atoms with Crippen LogP contribution in [0.3, 0.4) is 0 Å². The maximum absolute atomic E-state index is 13.5. The van der Waals surface area contributed by atoms with Crippen molar-refractivity contribution in [2.45, 2.75) is 18.9 Å². The van der Waals surface area contributed by atoms with Gasteiger partial charge in [-0.15, -0.1) is 0 Å². The van der Waals surface area contributed by atoms with E-state index >= 15 is 0 Å². The fourth-order valence-electron chi connectivity index (χ4n) is 1.47. The van der Waals surface area contributed by atoms with Crippen molar-refractivity contribution < 1.29 is 17.9 Å². The van der Waals surface area contributed by atoms with Gasteiger partial charge in [0.25, 0.3) is 0 Å². The normalized spacial score (nSPS) is 13.6. The maximum Gasteiger partial charge on any atom is 0.147 e. The molecule has 0 saturated carbocycles. The lowest BCUT2D eigenvalue weighted by Crippen LogP contribution is -2.06. The van der Waals surface area contributed by atoms with Gasteiger partial charge in [-0.3, -0.25) is 0 Å². The van der Waals surface area contributed by atoms with E-state index in [0.29, 0.717) is 10.9 Å². The first-order valence-corrected chi connectivity index (χ1v) is 7.95. The van der Waals surface area contributed by atoms with E-state index < -0.39 is 21.8 Å². The van der Waals surface area contributed by atoms with Crippen molar-refractivity contribution in [3.05, 3.63) is 34.1 Å². The molecule has 1 aromatic rings. The van der Waals surface area contributed by atoms with Crippen molar-refractivity contribution in [2.75, 3.05) is 12.0 Å². The van der Waals surface area contributed by atoms with Gasteiger partial charge in [0.15, 0.2) is 0 Å². The topological polar surface area (TPSA) is 54.4 Å². The highest BCUT2D eigenvalue weighted by atomic mass is 79.9. The lowest BCUT2D eigenvalue weighted by Gasteiger charge is -2.11. The van der Waals surface area contributed by atoms with E-state index in [1.54, 1.807) is 6.07 Å². The largest absolute Gasteiger partial charge is 0.388 e. The number of halogens is 2. The first-order valence-electron chi connectivity index (χ1n) is 5.10. The molecule has 1 unspecified atom stereocenters. The molecule has 0 aliphatic heterocycles. The van der Waals surface area contributed by atoms with Crippen LogP contribution in [0.2, 0.25) is 0 Å². The summed E-state index contributed by atoms with van der Waals surface area (Å²) < 4.78 is 35.9. The fraction of sp³-hybridized carbons (Fsp3) is 0.455. The maximum atomic E-state index is 13.5. The molecule has 0 radical (unpaired) electrons. The summed E-state index contributed by atoms with van der Waals surface area (Å²) in [6, 6.07) is 4.40. The van der Waals surface area contributed by atoms with E-state index in [1.165, 1.54) is 12.1 Å². The van der Waals surface area contributed by atoms with E-state index in [0.717, 1.165) is 6.26 Å². The van der Waals surface area contributed by atoms with Gasteiger partial charge in [0.05, 0.1) is 6.10 Å². The molecule has 0 amide bonds. The number of benzene rings is 1. The van der Waals surface area contributed by atoms with E-state index in [9.17, 15) is 17.9 Å². The highest BCUT2D eigenvalue weighted by molar-refractivity contribution is 9.10. The third-order valence-electron chi connectivity index (χ3n) is 2.31. The molecular formula is C11H14BrFO3S. The molecule has 1 N–H and O–H groups in total. The van der Waals surface area contributed by atoms with Crippen LogP contribution in [0.1, 0.15) is 24.5 Å². The van der Waals surface area contributed by atoms with Gasteiger partial charge in [0, 0.05) is 22.0 Å². The Morgan fingerprint density at radius 1 is 1.47 bits per heavy atom. The third kappa shape index (κ3) is 5.14. The van der Waals surface area contributed by atoms with Crippen LogP contribution >= 0.6 is 15.9 Å². The summed E-state index contributed by atoms with van der Waals surface area (Å²) in [5.74, 6) is -0.492.